The maximum absolute atomic E-state index is 11.7. The molecule has 0 heterocycles. The third-order valence-corrected chi connectivity index (χ3v) is 3.70. The van der Waals surface area contributed by atoms with Crippen LogP contribution in [0.15, 0.2) is 18.2 Å². The van der Waals surface area contributed by atoms with Gasteiger partial charge >= 0.3 is 5.97 Å². The first-order valence-electron chi connectivity index (χ1n) is 6.67. The zero-order valence-electron chi connectivity index (χ0n) is 12.4. The van der Waals surface area contributed by atoms with E-state index in [-0.39, 0.29) is 19.1 Å². The molecule has 21 heavy (non-hydrogen) atoms. The molecule has 0 aliphatic carbocycles. The SMILES string of the molecule is CCC(C)(CNC(=O)COc1ccc(Cl)cc1C)C(=O)O. The van der Waals surface area contributed by atoms with Crippen LogP contribution in [0.4, 0.5) is 0 Å². The highest BCUT2D eigenvalue weighted by atomic mass is 35.5. The van der Waals surface area contributed by atoms with Crippen molar-refractivity contribution in [3.05, 3.63) is 28.8 Å². The number of rotatable bonds is 7. The number of carbonyl (C=O) groups is 2. The van der Waals surface area contributed by atoms with Gasteiger partial charge in [0.2, 0.25) is 0 Å². The highest BCUT2D eigenvalue weighted by Crippen LogP contribution is 2.22. The number of aryl methyl sites for hydroxylation is 1. The number of carboxylic acids is 1. The van der Waals surface area contributed by atoms with Crippen LogP contribution in [0.3, 0.4) is 0 Å². The van der Waals surface area contributed by atoms with E-state index in [1.54, 1.807) is 32.0 Å². The Kier molecular flexibility index (Phi) is 6.03. The second-order valence-electron chi connectivity index (χ2n) is 5.19. The molecule has 0 saturated heterocycles. The van der Waals surface area contributed by atoms with E-state index in [9.17, 15) is 9.59 Å². The first-order valence-corrected chi connectivity index (χ1v) is 7.05. The van der Waals surface area contributed by atoms with Gasteiger partial charge in [-0.2, -0.15) is 0 Å². The summed E-state index contributed by atoms with van der Waals surface area (Å²) in [6.07, 6.45) is 0.430. The first-order chi connectivity index (χ1) is 9.78. The molecular weight excluding hydrogens is 294 g/mol. The van der Waals surface area contributed by atoms with Gasteiger partial charge in [0.1, 0.15) is 5.75 Å². The van der Waals surface area contributed by atoms with Crippen LogP contribution in [-0.2, 0) is 9.59 Å². The molecule has 2 N–H and O–H groups in total. The number of carboxylic acid groups (broad SMARTS) is 1. The number of benzene rings is 1. The minimum absolute atomic E-state index is 0.0701. The Morgan fingerprint density at radius 1 is 1.43 bits per heavy atom. The Balaban J connectivity index is 2.49. The van der Waals surface area contributed by atoms with Crippen molar-refractivity contribution in [3.8, 4) is 5.75 Å². The molecule has 0 fully saturated rings. The molecule has 0 spiro atoms. The summed E-state index contributed by atoms with van der Waals surface area (Å²) in [6, 6.07) is 5.12. The van der Waals surface area contributed by atoms with E-state index in [1.165, 1.54) is 0 Å². The lowest BCUT2D eigenvalue weighted by Gasteiger charge is -2.23. The summed E-state index contributed by atoms with van der Waals surface area (Å²) in [5, 5.41) is 12.3. The quantitative estimate of drug-likeness (QED) is 0.811. The first kappa shape index (κ1) is 17.3. The van der Waals surface area contributed by atoms with E-state index >= 15 is 0 Å². The molecule has 6 heteroatoms. The number of carbonyl (C=O) groups excluding carboxylic acids is 1. The number of hydrogen-bond donors (Lipinski definition) is 2. The number of aliphatic carboxylic acids is 1. The number of hydrogen-bond acceptors (Lipinski definition) is 3. The molecule has 0 aromatic heterocycles. The van der Waals surface area contributed by atoms with Crippen LogP contribution in [0.1, 0.15) is 25.8 Å². The normalized spacial score (nSPS) is 13.3. The third kappa shape index (κ3) is 4.93. The van der Waals surface area contributed by atoms with Crippen molar-refractivity contribution in [1.29, 1.82) is 0 Å². The van der Waals surface area contributed by atoms with Gasteiger partial charge in [0.25, 0.3) is 5.91 Å². The molecule has 1 unspecified atom stereocenters. The highest BCUT2D eigenvalue weighted by molar-refractivity contribution is 6.30. The Morgan fingerprint density at radius 2 is 2.10 bits per heavy atom. The lowest BCUT2D eigenvalue weighted by atomic mass is 9.88. The molecule has 0 aliphatic heterocycles. The number of nitrogens with one attached hydrogen (secondary N) is 1. The van der Waals surface area contributed by atoms with Gasteiger partial charge < -0.3 is 15.2 Å². The minimum atomic E-state index is -0.966. The lowest BCUT2D eigenvalue weighted by Crippen LogP contribution is -2.42. The standard InChI is InChI=1S/C15H20ClNO4/c1-4-15(3,14(19)20)9-17-13(18)8-21-12-6-5-11(16)7-10(12)2/h5-7H,4,8-9H2,1-3H3,(H,17,18)(H,19,20). The molecule has 0 radical (unpaired) electrons. The fourth-order valence-corrected chi connectivity index (χ4v) is 1.84. The van der Waals surface area contributed by atoms with E-state index in [2.05, 4.69) is 5.32 Å². The smallest absolute Gasteiger partial charge is 0.311 e. The van der Waals surface area contributed by atoms with Crippen LogP contribution >= 0.6 is 11.6 Å². The molecule has 0 saturated carbocycles. The van der Waals surface area contributed by atoms with Crippen molar-refractivity contribution in [2.75, 3.05) is 13.2 Å². The van der Waals surface area contributed by atoms with Gasteiger partial charge in [0.15, 0.2) is 6.61 Å². The molecule has 0 bridgehead atoms. The predicted molar refractivity (Wildman–Crippen MR) is 80.7 cm³/mol. The molecule has 1 rings (SSSR count). The Hall–Kier alpha value is -1.75. The summed E-state index contributed by atoms with van der Waals surface area (Å²) < 4.78 is 5.39. The summed E-state index contributed by atoms with van der Waals surface area (Å²) in [4.78, 5) is 22.9. The summed E-state index contributed by atoms with van der Waals surface area (Å²) >= 11 is 5.83. The second kappa shape index (κ2) is 7.31. The van der Waals surface area contributed by atoms with Crippen molar-refractivity contribution in [1.82, 2.24) is 5.32 Å². The fourth-order valence-electron chi connectivity index (χ4n) is 1.61. The molecule has 1 aromatic rings. The van der Waals surface area contributed by atoms with Gasteiger partial charge in [-0.25, -0.2) is 0 Å². The average molecular weight is 314 g/mol. The van der Waals surface area contributed by atoms with Crippen molar-refractivity contribution < 1.29 is 19.4 Å². The maximum atomic E-state index is 11.7. The lowest BCUT2D eigenvalue weighted by molar-refractivity contribution is -0.148. The monoisotopic (exact) mass is 313 g/mol. The zero-order valence-corrected chi connectivity index (χ0v) is 13.2. The van der Waals surface area contributed by atoms with Gasteiger partial charge in [0, 0.05) is 11.6 Å². The fraction of sp³-hybridized carbons (Fsp3) is 0.467. The van der Waals surface area contributed by atoms with Crippen LogP contribution in [0.5, 0.6) is 5.75 Å². The van der Waals surface area contributed by atoms with E-state index in [0.717, 1.165) is 5.56 Å². The van der Waals surface area contributed by atoms with Crippen LogP contribution in [0.25, 0.3) is 0 Å². The molecule has 1 amide bonds. The maximum Gasteiger partial charge on any atom is 0.311 e. The molecule has 1 aromatic carbocycles. The van der Waals surface area contributed by atoms with Gasteiger partial charge in [0.05, 0.1) is 5.41 Å². The van der Waals surface area contributed by atoms with Gasteiger partial charge in [-0.15, -0.1) is 0 Å². The van der Waals surface area contributed by atoms with E-state index < -0.39 is 11.4 Å². The number of ether oxygens (including phenoxy) is 1. The Morgan fingerprint density at radius 3 is 2.62 bits per heavy atom. The number of amides is 1. The van der Waals surface area contributed by atoms with E-state index in [0.29, 0.717) is 17.2 Å². The number of halogens is 1. The van der Waals surface area contributed by atoms with Crippen LogP contribution in [-0.4, -0.2) is 30.1 Å². The van der Waals surface area contributed by atoms with Gasteiger partial charge in [-0.3, -0.25) is 9.59 Å². The Labute approximate surface area is 129 Å². The highest BCUT2D eigenvalue weighted by Gasteiger charge is 2.31. The predicted octanol–water partition coefficient (Wildman–Crippen LogP) is 2.64. The summed E-state index contributed by atoms with van der Waals surface area (Å²) in [5.41, 5.74) is -0.134. The zero-order chi connectivity index (χ0) is 16.0. The van der Waals surface area contributed by atoms with Crippen LogP contribution in [0.2, 0.25) is 5.02 Å². The van der Waals surface area contributed by atoms with Gasteiger partial charge in [-0.1, -0.05) is 18.5 Å². The Bertz CT molecular complexity index is 532. The summed E-state index contributed by atoms with van der Waals surface area (Å²) in [7, 11) is 0. The molecule has 1 atom stereocenters. The van der Waals surface area contributed by atoms with Crippen molar-refractivity contribution >= 4 is 23.5 Å². The summed E-state index contributed by atoms with van der Waals surface area (Å²) in [5.74, 6) is -0.712. The molecular formula is C15H20ClNO4. The van der Waals surface area contributed by atoms with Crippen LogP contribution in [0, 0.1) is 12.3 Å². The summed E-state index contributed by atoms with van der Waals surface area (Å²) in [6.45, 7) is 5.11. The van der Waals surface area contributed by atoms with Gasteiger partial charge in [-0.05, 0) is 44.0 Å². The third-order valence-electron chi connectivity index (χ3n) is 3.47. The van der Waals surface area contributed by atoms with Crippen molar-refractivity contribution in [2.24, 2.45) is 5.41 Å². The van der Waals surface area contributed by atoms with E-state index in [4.69, 9.17) is 21.4 Å². The van der Waals surface area contributed by atoms with E-state index in [1.807, 2.05) is 6.92 Å². The largest absolute Gasteiger partial charge is 0.484 e. The average Bonchev–Trinajstić information content (AvgIpc) is 2.43. The second-order valence-corrected chi connectivity index (χ2v) is 5.63. The molecule has 5 nitrogen and oxygen atoms in total. The topological polar surface area (TPSA) is 75.6 Å². The minimum Gasteiger partial charge on any atom is -0.484 e. The van der Waals surface area contributed by atoms with Crippen LogP contribution < -0.4 is 10.1 Å². The van der Waals surface area contributed by atoms with Crippen molar-refractivity contribution in [2.45, 2.75) is 27.2 Å². The molecule has 0 aliphatic rings. The molecule has 116 valence electrons. The van der Waals surface area contributed by atoms with Crippen molar-refractivity contribution in [3.63, 3.8) is 0 Å².